The highest BCUT2D eigenvalue weighted by Crippen LogP contribution is 2.35. The molecule has 1 aromatic rings. The van der Waals surface area contributed by atoms with Gasteiger partial charge in [0.1, 0.15) is 0 Å². The highest BCUT2D eigenvalue weighted by atomic mass is 79.9. The third kappa shape index (κ3) is 2.13. The van der Waals surface area contributed by atoms with Gasteiger partial charge in [-0.3, -0.25) is 0 Å². The van der Waals surface area contributed by atoms with E-state index in [4.69, 9.17) is 9.47 Å². The zero-order valence-corrected chi connectivity index (χ0v) is 9.78. The largest absolute Gasteiger partial charge is 0.348 e. The van der Waals surface area contributed by atoms with Crippen molar-refractivity contribution in [3.05, 3.63) is 20.3 Å². The molecule has 0 aliphatic carbocycles. The second-order valence-electron chi connectivity index (χ2n) is 3.00. The quantitative estimate of drug-likeness (QED) is 0.774. The number of hydrogen-bond donors (Lipinski definition) is 0. The first-order valence-electron chi connectivity index (χ1n) is 4.26. The summed E-state index contributed by atoms with van der Waals surface area (Å²) < 4.78 is 12.1. The molecule has 0 bridgehead atoms. The summed E-state index contributed by atoms with van der Waals surface area (Å²) in [6.07, 6.45) is 0.847. The monoisotopic (exact) mass is 262 g/mol. The normalized spacial score (nSPS) is 19.2. The Morgan fingerprint density at radius 2 is 2.15 bits per heavy atom. The molecular formula is C9H11BrO2S. The van der Waals surface area contributed by atoms with Gasteiger partial charge in [-0.2, -0.15) is 0 Å². The smallest absolute Gasteiger partial charge is 0.194 e. The molecule has 13 heavy (non-hydrogen) atoms. The molecule has 2 heterocycles. The number of aryl methyl sites for hydroxylation is 1. The van der Waals surface area contributed by atoms with Crippen LogP contribution in [0.5, 0.6) is 0 Å². The van der Waals surface area contributed by atoms with Crippen LogP contribution in [-0.4, -0.2) is 13.2 Å². The lowest BCUT2D eigenvalue weighted by Crippen LogP contribution is -2.16. The fourth-order valence-corrected chi connectivity index (χ4v) is 3.14. The maximum Gasteiger partial charge on any atom is 0.194 e. The summed E-state index contributed by atoms with van der Waals surface area (Å²) in [5, 5.41) is 0. The Balaban J connectivity index is 2.18. The average molecular weight is 263 g/mol. The van der Waals surface area contributed by atoms with Crippen molar-refractivity contribution in [3.8, 4) is 0 Å². The first-order chi connectivity index (χ1) is 6.27. The van der Waals surface area contributed by atoms with Gasteiger partial charge in [-0.15, -0.1) is 11.3 Å². The average Bonchev–Trinajstić information content (AvgIpc) is 2.47. The van der Waals surface area contributed by atoms with Crippen molar-refractivity contribution in [2.24, 2.45) is 0 Å². The van der Waals surface area contributed by atoms with Crippen molar-refractivity contribution in [2.45, 2.75) is 19.6 Å². The molecule has 2 nitrogen and oxygen atoms in total. The van der Waals surface area contributed by atoms with Gasteiger partial charge in [0.05, 0.1) is 18.1 Å². The summed E-state index contributed by atoms with van der Waals surface area (Å²) in [6, 6.07) is 2.10. The van der Waals surface area contributed by atoms with Crippen molar-refractivity contribution in [3.63, 3.8) is 0 Å². The van der Waals surface area contributed by atoms with E-state index in [1.165, 1.54) is 4.88 Å². The highest BCUT2D eigenvalue weighted by molar-refractivity contribution is 9.10. The molecule has 0 N–H and O–H groups in total. The first kappa shape index (κ1) is 9.65. The molecule has 72 valence electrons. The zero-order chi connectivity index (χ0) is 9.26. The number of hydrogen-bond acceptors (Lipinski definition) is 3. The topological polar surface area (TPSA) is 18.5 Å². The van der Waals surface area contributed by atoms with Crippen LogP contribution >= 0.6 is 27.3 Å². The number of ether oxygens (including phenoxy) is 2. The Labute approximate surface area is 90.0 Å². The molecule has 1 aliphatic heterocycles. The van der Waals surface area contributed by atoms with Gasteiger partial charge in [0, 0.05) is 9.35 Å². The van der Waals surface area contributed by atoms with Crippen LogP contribution in [0.25, 0.3) is 0 Å². The number of thiophene rings is 1. The zero-order valence-electron chi connectivity index (χ0n) is 7.38. The van der Waals surface area contributed by atoms with Gasteiger partial charge in [0.15, 0.2) is 6.29 Å². The Hall–Kier alpha value is 0.1000. The van der Waals surface area contributed by atoms with E-state index in [1.807, 2.05) is 0 Å². The van der Waals surface area contributed by atoms with E-state index in [-0.39, 0.29) is 6.29 Å². The maximum atomic E-state index is 5.52. The summed E-state index contributed by atoms with van der Waals surface area (Å²) in [5.74, 6) is 0. The van der Waals surface area contributed by atoms with E-state index in [0.717, 1.165) is 29.0 Å². The molecule has 0 amide bonds. The molecule has 1 aromatic heterocycles. The minimum Gasteiger partial charge on any atom is -0.348 e. The van der Waals surface area contributed by atoms with Gasteiger partial charge in [-0.05, 0) is 35.3 Å². The Morgan fingerprint density at radius 1 is 1.46 bits per heavy atom. The van der Waals surface area contributed by atoms with Crippen molar-refractivity contribution in [1.29, 1.82) is 0 Å². The van der Waals surface area contributed by atoms with Gasteiger partial charge in [0.2, 0.25) is 0 Å². The Kier molecular flexibility index (Phi) is 3.03. The van der Waals surface area contributed by atoms with Crippen molar-refractivity contribution in [2.75, 3.05) is 13.2 Å². The molecule has 0 spiro atoms. The van der Waals surface area contributed by atoms with E-state index in [0.29, 0.717) is 0 Å². The minimum absolute atomic E-state index is 0.151. The van der Waals surface area contributed by atoms with Gasteiger partial charge in [-0.25, -0.2) is 0 Å². The lowest BCUT2D eigenvalue weighted by atomic mass is 10.4. The van der Waals surface area contributed by atoms with Crippen molar-refractivity contribution >= 4 is 27.3 Å². The molecule has 1 saturated heterocycles. The molecule has 0 atom stereocenters. The van der Waals surface area contributed by atoms with Crippen LogP contribution in [0.1, 0.15) is 22.5 Å². The van der Waals surface area contributed by atoms with E-state index < -0.39 is 0 Å². The predicted molar refractivity (Wildman–Crippen MR) is 56.0 cm³/mol. The molecule has 1 fully saturated rings. The highest BCUT2D eigenvalue weighted by Gasteiger charge is 2.20. The van der Waals surface area contributed by atoms with Crippen molar-refractivity contribution < 1.29 is 9.47 Å². The lowest BCUT2D eigenvalue weighted by molar-refractivity contribution is -0.181. The first-order valence-corrected chi connectivity index (χ1v) is 5.87. The SMILES string of the molecule is Cc1cc(Br)c(C2OCCCO2)s1. The molecule has 0 unspecified atom stereocenters. The third-order valence-electron chi connectivity index (χ3n) is 1.88. The van der Waals surface area contributed by atoms with Gasteiger partial charge in [-0.1, -0.05) is 0 Å². The summed E-state index contributed by atoms with van der Waals surface area (Å²) in [5.41, 5.74) is 0. The number of halogens is 1. The van der Waals surface area contributed by atoms with E-state index in [2.05, 4.69) is 28.9 Å². The van der Waals surface area contributed by atoms with E-state index in [9.17, 15) is 0 Å². The predicted octanol–water partition coefficient (Wildman–Crippen LogP) is 3.25. The van der Waals surface area contributed by atoms with Gasteiger partial charge in [0.25, 0.3) is 0 Å². The summed E-state index contributed by atoms with van der Waals surface area (Å²) in [4.78, 5) is 2.43. The minimum atomic E-state index is -0.151. The van der Waals surface area contributed by atoms with Gasteiger partial charge >= 0.3 is 0 Å². The fourth-order valence-electron chi connectivity index (χ4n) is 1.30. The molecule has 0 saturated carbocycles. The Bertz CT molecular complexity index is 292. The third-order valence-corrected chi connectivity index (χ3v) is 3.87. The second-order valence-corrected chi connectivity index (χ2v) is 5.14. The molecule has 2 rings (SSSR count). The van der Waals surface area contributed by atoms with Crippen LogP contribution in [-0.2, 0) is 9.47 Å². The molecule has 0 aromatic carbocycles. The number of rotatable bonds is 1. The lowest BCUT2D eigenvalue weighted by Gasteiger charge is -2.22. The Morgan fingerprint density at radius 3 is 2.69 bits per heavy atom. The van der Waals surface area contributed by atoms with Crippen LogP contribution in [0.15, 0.2) is 10.5 Å². The fraction of sp³-hybridized carbons (Fsp3) is 0.556. The standard InChI is InChI=1S/C9H11BrO2S/c1-6-5-7(10)8(13-6)9-11-3-2-4-12-9/h5,9H,2-4H2,1H3. The maximum absolute atomic E-state index is 5.52. The van der Waals surface area contributed by atoms with Crippen LogP contribution in [0.4, 0.5) is 0 Å². The molecule has 0 radical (unpaired) electrons. The summed E-state index contributed by atoms with van der Waals surface area (Å²) >= 11 is 5.23. The summed E-state index contributed by atoms with van der Waals surface area (Å²) in [7, 11) is 0. The van der Waals surface area contributed by atoms with Crippen molar-refractivity contribution in [1.82, 2.24) is 0 Å². The molecular weight excluding hydrogens is 252 g/mol. The molecule has 1 aliphatic rings. The van der Waals surface area contributed by atoms with Crippen LogP contribution < -0.4 is 0 Å². The van der Waals surface area contributed by atoms with E-state index in [1.54, 1.807) is 11.3 Å². The summed E-state index contributed by atoms with van der Waals surface area (Å²) in [6.45, 7) is 3.68. The van der Waals surface area contributed by atoms with E-state index >= 15 is 0 Å². The van der Waals surface area contributed by atoms with Crippen LogP contribution in [0.2, 0.25) is 0 Å². The molecule has 4 heteroatoms. The van der Waals surface area contributed by atoms with Crippen LogP contribution in [0, 0.1) is 6.92 Å². The second kappa shape index (κ2) is 4.09. The van der Waals surface area contributed by atoms with Gasteiger partial charge < -0.3 is 9.47 Å². The van der Waals surface area contributed by atoms with Crippen LogP contribution in [0.3, 0.4) is 0 Å².